The first-order valence-electron chi connectivity index (χ1n) is 5.01. The fraction of sp³-hybridized carbons (Fsp3) is 0.800. The first-order valence-corrected chi connectivity index (χ1v) is 5.01. The quantitative estimate of drug-likeness (QED) is 0.332. The molecule has 0 aliphatic carbocycles. The van der Waals surface area contributed by atoms with Gasteiger partial charge in [0.25, 0.3) is 0 Å². The highest BCUT2D eigenvalue weighted by atomic mass is 16.5. The molecule has 0 fully saturated rings. The lowest BCUT2D eigenvalue weighted by molar-refractivity contribution is -0.130. The molecule has 15 heavy (non-hydrogen) atoms. The molecule has 0 aliphatic heterocycles. The van der Waals surface area contributed by atoms with Crippen LogP contribution in [0.2, 0.25) is 0 Å². The van der Waals surface area contributed by atoms with Crippen LogP contribution in [0.15, 0.2) is 0 Å². The molecule has 0 rings (SSSR count). The highest BCUT2D eigenvalue weighted by molar-refractivity contribution is 5.74. The smallest absolute Gasteiger partial charge is 0.243 e. The van der Waals surface area contributed by atoms with E-state index in [1.165, 1.54) is 0 Å². The Bertz CT molecular complexity index is 217. The maximum Gasteiger partial charge on any atom is 0.243 e. The molecule has 5 nitrogen and oxygen atoms in total. The fourth-order valence-corrected chi connectivity index (χ4v) is 1.77. The van der Waals surface area contributed by atoms with E-state index in [-0.39, 0.29) is 17.2 Å². The lowest BCUT2D eigenvalue weighted by Gasteiger charge is -2.27. The normalized spacial score (nSPS) is 13.1. The number of hydrogen-bond donors (Lipinski definition) is 3. The summed E-state index contributed by atoms with van der Waals surface area (Å²) in [6.45, 7) is 6.58. The molecule has 0 bridgehead atoms. The van der Waals surface area contributed by atoms with Gasteiger partial charge in [-0.05, 0) is 17.8 Å². The number of hydrogen-bond acceptors (Lipinski definition) is 3. The van der Waals surface area contributed by atoms with Crippen molar-refractivity contribution in [3.8, 4) is 0 Å². The molecule has 0 aromatic heterocycles. The maximum atomic E-state index is 10.9. The molecule has 3 N–H and O–H groups in total. The standard InChI is InChI=1S/C10H20N2O3/c1-8(4-9(14)12-15)5-10(2,3)6-11-7-13/h7-8,15H,4-6H2,1-3H3,(H,11,13)(H,12,14). The Kier molecular flexibility index (Phi) is 5.93. The second kappa shape index (κ2) is 6.40. The first kappa shape index (κ1) is 13.9. The van der Waals surface area contributed by atoms with Gasteiger partial charge in [0.1, 0.15) is 0 Å². The van der Waals surface area contributed by atoms with Crippen LogP contribution in [0.25, 0.3) is 0 Å². The molecule has 2 amide bonds. The van der Waals surface area contributed by atoms with Crippen LogP contribution in [0.5, 0.6) is 0 Å². The Morgan fingerprint density at radius 3 is 2.60 bits per heavy atom. The summed E-state index contributed by atoms with van der Waals surface area (Å²) in [6.07, 6.45) is 1.77. The second-order valence-corrected chi connectivity index (χ2v) is 4.71. The molecule has 1 unspecified atom stereocenters. The van der Waals surface area contributed by atoms with Crippen LogP contribution in [-0.4, -0.2) is 24.1 Å². The first-order chi connectivity index (χ1) is 6.91. The van der Waals surface area contributed by atoms with Gasteiger partial charge in [0, 0.05) is 13.0 Å². The lowest BCUT2D eigenvalue weighted by atomic mass is 9.82. The summed E-state index contributed by atoms with van der Waals surface area (Å²) in [5.74, 6) is -0.206. The molecule has 0 radical (unpaired) electrons. The number of nitrogens with one attached hydrogen (secondary N) is 2. The number of amides is 2. The largest absolute Gasteiger partial charge is 0.358 e. The summed E-state index contributed by atoms with van der Waals surface area (Å²) in [5, 5.41) is 11.0. The lowest BCUT2D eigenvalue weighted by Crippen LogP contribution is -2.31. The van der Waals surface area contributed by atoms with Crippen molar-refractivity contribution in [2.75, 3.05) is 6.54 Å². The van der Waals surface area contributed by atoms with E-state index >= 15 is 0 Å². The fourth-order valence-electron chi connectivity index (χ4n) is 1.77. The van der Waals surface area contributed by atoms with E-state index in [2.05, 4.69) is 5.32 Å². The second-order valence-electron chi connectivity index (χ2n) is 4.71. The molecule has 0 aliphatic rings. The van der Waals surface area contributed by atoms with Crippen molar-refractivity contribution < 1.29 is 14.8 Å². The summed E-state index contributed by atoms with van der Waals surface area (Å²) < 4.78 is 0. The van der Waals surface area contributed by atoms with Gasteiger partial charge < -0.3 is 5.32 Å². The van der Waals surface area contributed by atoms with Crippen molar-refractivity contribution in [3.05, 3.63) is 0 Å². The minimum absolute atomic E-state index is 0.0456. The number of rotatable bonds is 7. The topological polar surface area (TPSA) is 78.4 Å². The summed E-state index contributed by atoms with van der Waals surface area (Å²) in [6, 6.07) is 0. The molecule has 0 aromatic rings. The number of carbonyl (C=O) groups excluding carboxylic acids is 2. The van der Waals surface area contributed by atoms with Gasteiger partial charge in [0.05, 0.1) is 0 Å². The third-order valence-electron chi connectivity index (χ3n) is 2.22. The Labute approximate surface area is 90.2 Å². The Balaban J connectivity index is 3.97. The van der Waals surface area contributed by atoms with Crippen LogP contribution in [0, 0.1) is 11.3 Å². The van der Waals surface area contributed by atoms with E-state index in [9.17, 15) is 9.59 Å². The highest BCUT2D eigenvalue weighted by Gasteiger charge is 2.22. The van der Waals surface area contributed by atoms with Gasteiger partial charge in [-0.1, -0.05) is 20.8 Å². The van der Waals surface area contributed by atoms with E-state index in [4.69, 9.17) is 5.21 Å². The zero-order valence-corrected chi connectivity index (χ0v) is 9.54. The summed E-state index contributed by atoms with van der Waals surface area (Å²) in [4.78, 5) is 21.0. The predicted octanol–water partition coefficient (Wildman–Crippen LogP) is 0.680. The van der Waals surface area contributed by atoms with Crippen LogP contribution < -0.4 is 10.8 Å². The zero-order chi connectivity index (χ0) is 11.9. The molecule has 0 saturated heterocycles. The van der Waals surface area contributed by atoms with Gasteiger partial charge in [-0.2, -0.15) is 0 Å². The molecule has 1 atom stereocenters. The molecule has 5 heteroatoms. The maximum absolute atomic E-state index is 10.9. The average molecular weight is 216 g/mol. The number of hydroxylamine groups is 1. The number of carbonyl (C=O) groups is 2. The Morgan fingerprint density at radius 1 is 1.53 bits per heavy atom. The van der Waals surface area contributed by atoms with Crippen LogP contribution >= 0.6 is 0 Å². The van der Waals surface area contributed by atoms with Gasteiger partial charge in [-0.3, -0.25) is 14.8 Å². The molecule has 0 aromatic carbocycles. The van der Waals surface area contributed by atoms with E-state index < -0.39 is 0 Å². The van der Waals surface area contributed by atoms with E-state index in [0.29, 0.717) is 19.4 Å². The van der Waals surface area contributed by atoms with Crippen molar-refractivity contribution in [3.63, 3.8) is 0 Å². The minimum Gasteiger partial charge on any atom is -0.358 e. The van der Waals surface area contributed by atoms with E-state index in [1.807, 2.05) is 20.8 Å². The molecule has 0 heterocycles. The van der Waals surface area contributed by atoms with Crippen LogP contribution in [0.1, 0.15) is 33.6 Å². The SMILES string of the molecule is CC(CC(=O)NO)CC(C)(C)CNC=O. The van der Waals surface area contributed by atoms with Gasteiger partial charge >= 0.3 is 0 Å². The van der Waals surface area contributed by atoms with Gasteiger partial charge in [-0.15, -0.1) is 0 Å². The Morgan fingerprint density at radius 2 is 2.13 bits per heavy atom. The minimum atomic E-state index is -0.373. The summed E-state index contributed by atoms with van der Waals surface area (Å²) in [7, 11) is 0. The summed E-state index contributed by atoms with van der Waals surface area (Å²) in [5.41, 5.74) is 1.57. The molecular weight excluding hydrogens is 196 g/mol. The van der Waals surface area contributed by atoms with Gasteiger partial charge in [0.15, 0.2) is 0 Å². The monoisotopic (exact) mass is 216 g/mol. The third kappa shape index (κ3) is 6.90. The van der Waals surface area contributed by atoms with Crippen LogP contribution in [0.4, 0.5) is 0 Å². The van der Waals surface area contributed by atoms with Crippen LogP contribution in [0.3, 0.4) is 0 Å². The van der Waals surface area contributed by atoms with E-state index in [1.54, 1.807) is 5.48 Å². The average Bonchev–Trinajstić information content (AvgIpc) is 2.13. The van der Waals surface area contributed by atoms with E-state index in [0.717, 1.165) is 6.42 Å². The predicted molar refractivity (Wildman–Crippen MR) is 56.2 cm³/mol. The molecule has 88 valence electrons. The molecule has 0 saturated carbocycles. The van der Waals surface area contributed by atoms with Crippen molar-refractivity contribution in [2.45, 2.75) is 33.6 Å². The van der Waals surface area contributed by atoms with Crippen molar-refractivity contribution in [1.29, 1.82) is 0 Å². The zero-order valence-electron chi connectivity index (χ0n) is 9.54. The molecular formula is C10H20N2O3. The molecule has 0 spiro atoms. The van der Waals surface area contributed by atoms with Crippen LogP contribution in [-0.2, 0) is 9.59 Å². The third-order valence-corrected chi connectivity index (χ3v) is 2.22. The van der Waals surface area contributed by atoms with Crippen molar-refractivity contribution in [2.24, 2.45) is 11.3 Å². The van der Waals surface area contributed by atoms with Crippen molar-refractivity contribution >= 4 is 12.3 Å². The van der Waals surface area contributed by atoms with Crippen molar-refractivity contribution in [1.82, 2.24) is 10.8 Å². The highest BCUT2D eigenvalue weighted by Crippen LogP contribution is 2.25. The summed E-state index contributed by atoms with van der Waals surface area (Å²) >= 11 is 0. The van der Waals surface area contributed by atoms with Gasteiger partial charge in [-0.25, -0.2) is 5.48 Å². The Hall–Kier alpha value is -1.10. The van der Waals surface area contributed by atoms with Gasteiger partial charge in [0.2, 0.25) is 12.3 Å².